The fourth-order valence-corrected chi connectivity index (χ4v) is 6.72. The maximum absolute atomic E-state index is 12.2. The molecule has 1 aliphatic carbocycles. The lowest BCUT2D eigenvalue weighted by Gasteiger charge is -2.53. The molecule has 4 rings (SSSR count). The average molecular weight is 621 g/mol. The summed E-state index contributed by atoms with van der Waals surface area (Å²) < 4.78 is 29.9. The summed E-state index contributed by atoms with van der Waals surface area (Å²) in [5.41, 5.74) is 10.7. The van der Waals surface area contributed by atoms with Gasteiger partial charge in [-0.05, 0) is 85.4 Å². The SMILES string of the molecule is CCC(=O)NC1(C)CC(N(Cc2cccc(S(=O)[O-])c2)[C@@H](COc2cc(-c3c(C)cccc3C)nc(N)n2)CC(C)(C)C)C1. The van der Waals surface area contributed by atoms with Crippen LogP contribution >= 0.6 is 0 Å². The van der Waals surface area contributed by atoms with E-state index in [1.807, 2.05) is 51.1 Å². The first-order valence-electron chi connectivity index (χ1n) is 15.3. The van der Waals surface area contributed by atoms with E-state index in [9.17, 15) is 13.6 Å². The number of aryl methyl sites for hydroxylation is 2. The molecule has 0 saturated heterocycles. The monoisotopic (exact) mass is 620 g/mol. The number of nitrogens with two attached hydrogens (primary N) is 1. The van der Waals surface area contributed by atoms with Gasteiger partial charge in [0.2, 0.25) is 17.7 Å². The minimum atomic E-state index is -2.32. The molecule has 1 unspecified atom stereocenters. The topological polar surface area (TPSA) is 134 Å². The second kappa shape index (κ2) is 13.7. The number of nitrogens with zero attached hydrogens (tertiary/aromatic N) is 3. The predicted molar refractivity (Wildman–Crippen MR) is 174 cm³/mol. The van der Waals surface area contributed by atoms with Gasteiger partial charge in [0.15, 0.2) is 0 Å². The molecular weight excluding hydrogens is 574 g/mol. The van der Waals surface area contributed by atoms with Crippen LogP contribution in [0.25, 0.3) is 11.3 Å². The van der Waals surface area contributed by atoms with Gasteiger partial charge < -0.3 is 20.3 Å². The van der Waals surface area contributed by atoms with Gasteiger partial charge in [-0.2, -0.15) is 4.98 Å². The molecule has 2 atom stereocenters. The minimum Gasteiger partial charge on any atom is -0.768 e. The molecule has 3 N–H and O–H groups in total. The van der Waals surface area contributed by atoms with Crippen LogP contribution in [0.3, 0.4) is 0 Å². The third-order valence-corrected chi connectivity index (χ3v) is 8.90. The second-order valence-corrected chi connectivity index (χ2v) is 14.5. The number of nitrogens with one attached hydrogen (secondary N) is 1. The Morgan fingerprint density at radius 1 is 1.16 bits per heavy atom. The molecule has 0 radical (unpaired) electrons. The van der Waals surface area contributed by atoms with Crippen LogP contribution in [0.2, 0.25) is 0 Å². The van der Waals surface area contributed by atoms with E-state index in [2.05, 4.69) is 47.9 Å². The standard InChI is InChI=1S/C34H47N5O4S/c1-8-29(40)38-34(7)18-25(19-34)39(20-24-13-10-14-27(15-24)44(41)42)26(17-33(4,5)6)21-43-30-16-28(36-32(35)37-30)31-22(2)11-9-12-23(31)3/h9-16,25-26H,8,17-21H2,1-7H3,(H,38,40)(H,41,42)(H2,35,36,37)/p-1/t25?,26-,34?/m1/s1. The Morgan fingerprint density at radius 2 is 1.82 bits per heavy atom. The second-order valence-electron chi connectivity index (χ2n) is 13.5. The van der Waals surface area contributed by atoms with E-state index in [-0.39, 0.29) is 39.8 Å². The minimum absolute atomic E-state index is 0.0256. The summed E-state index contributed by atoms with van der Waals surface area (Å²) >= 11 is -2.32. The molecule has 3 aromatic rings. The van der Waals surface area contributed by atoms with Crippen LogP contribution in [0.1, 0.15) is 77.0 Å². The molecular formula is C34H46N5O4S-. The van der Waals surface area contributed by atoms with E-state index < -0.39 is 11.1 Å². The highest BCUT2D eigenvalue weighted by molar-refractivity contribution is 7.79. The third kappa shape index (κ3) is 8.64. The molecule has 0 bridgehead atoms. The van der Waals surface area contributed by atoms with E-state index in [0.29, 0.717) is 25.5 Å². The third-order valence-electron chi connectivity index (χ3n) is 8.26. The first-order chi connectivity index (χ1) is 20.7. The summed E-state index contributed by atoms with van der Waals surface area (Å²) in [6, 6.07) is 15.1. The van der Waals surface area contributed by atoms with Crippen LogP contribution in [-0.4, -0.2) is 53.8 Å². The fraction of sp³-hybridized carbons (Fsp3) is 0.500. The molecule has 0 aliphatic heterocycles. The highest BCUT2D eigenvalue weighted by Crippen LogP contribution is 2.39. The van der Waals surface area contributed by atoms with Crippen molar-refractivity contribution in [1.82, 2.24) is 20.2 Å². The molecule has 1 amide bonds. The number of nitrogen functional groups attached to an aromatic ring is 1. The molecule has 0 spiro atoms. The maximum atomic E-state index is 12.2. The molecule has 238 valence electrons. The van der Waals surface area contributed by atoms with E-state index in [0.717, 1.165) is 47.2 Å². The summed E-state index contributed by atoms with van der Waals surface area (Å²) in [6.45, 7) is 15.5. The van der Waals surface area contributed by atoms with Crippen molar-refractivity contribution in [3.05, 3.63) is 65.2 Å². The van der Waals surface area contributed by atoms with Crippen molar-refractivity contribution < 1.29 is 18.3 Å². The van der Waals surface area contributed by atoms with Crippen molar-refractivity contribution in [1.29, 1.82) is 0 Å². The Kier molecular flexibility index (Phi) is 10.5. The van der Waals surface area contributed by atoms with Gasteiger partial charge in [0.05, 0.1) is 5.69 Å². The van der Waals surface area contributed by atoms with E-state index >= 15 is 0 Å². The summed E-state index contributed by atoms with van der Waals surface area (Å²) in [7, 11) is 0. The fourth-order valence-electron chi connectivity index (χ4n) is 6.28. The van der Waals surface area contributed by atoms with E-state index in [4.69, 9.17) is 10.5 Å². The van der Waals surface area contributed by atoms with Gasteiger partial charge in [-0.1, -0.05) is 58.0 Å². The summed E-state index contributed by atoms with van der Waals surface area (Å²) in [4.78, 5) is 23.8. The zero-order valence-electron chi connectivity index (χ0n) is 27.0. The molecule has 1 saturated carbocycles. The number of rotatable bonds is 12. The van der Waals surface area contributed by atoms with Crippen molar-refractivity contribution in [3.63, 3.8) is 0 Å². The average Bonchev–Trinajstić information content (AvgIpc) is 2.92. The Bertz CT molecular complexity index is 1480. The van der Waals surface area contributed by atoms with Crippen LogP contribution in [0.5, 0.6) is 5.88 Å². The highest BCUT2D eigenvalue weighted by Gasteiger charge is 2.46. The molecule has 1 aliphatic rings. The van der Waals surface area contributed by atoms with Crippen LogP contribution in [0.15, 0.2) is 53.4 Å². The van der Waals surface area contributed by atoms with Crippen molar-refractivity contribution >= 4 is 22.9 Å². The Morgan fingerprint density at radius 3 is 2.43 bits per heavy atom. The van der Waals surface area contributed by atoms with Crippen LogP contribution in [0, 0.1) is 19.3 Å². The lowest BCUT2D eigenvalue weighted by molar-refractivity contribution is -0.125. The predicted octanol–water partition coefficient (Wildman–Crippen LogP) is 5.71. The first-order valence-corrected chi connectivity index (χ1v) is 16.3. The largest absolute Gasteiger partial charge is 0.768 e. The van der Waals surface area contributed by atoms with Crippen molar-refractivity contribution in [2.75, 3.05) is 12.3 Å². The number of anilines is 1. The lowest BCUT2D eigenvalue weighted by Crippen LogP contribution is -2.63. The van der Waals surface area contributed by atoms with E-state index in [1.165, 1.54) is 0 Å². The molecule has 1 fully saturated rings. The number of carbonyl (C=O) groups is 1. The number of hydrogen-bond donors (Lipinski definition) is 2. The number of benzene rings is 2. The number of carbonyl (C=O) groups excluding carboxylic acids is 1. The van der Waals surface area contributed by atoms with Gasteiger partial charge in [-0.25, -0.2) is 4.98 Å². The van der Waals surface area contributed by atoms with Gasteiger partial charge in [0, 0.05) is 47.1 Å². The smallest absolute Gasteiger partial charge is 0.223 e. The van der Waals surface area contributed by atoms with Gasteiger partial charge in [-0.3, -0.25) is 13.9 Å². The number of aromatic nitrogens is 2. The lowest BCUT2D eigenvalue weighted by atomic mass is 9.72. The molecule has 2 aromatic carbocycles. The van der Waals surface area contributed by atoms with Gasteiger partial charge in [-0.15, -0.1) is 0 Å². The van der Waals surface area contributed by atoms with Crippen molar-refractivity contribution in [2.24, 2.45) is 5.41 Å². The molecule has 1 heterocycles. The van der Waals surface area contributed by atoms with Crippen LogP contribution in [-0.2, 0) is 22.4 Å². The number of hydrogen-bond acceptors (Lipinski definition) is 8. The molecule has 10 heteroatoms. The Balaban J connectivity index is 1.65. The number of ether oxygens (including phenoxy) is 1. The molecule has 1 aromatic heterocycles. The highest BCUT2D eigenvalue weighted by atomic mass is 32.2. The maximum Gasteiger partial charge on any atom is 0.223 e. The first kappa shape index (κ1) is 33.6. The van der Waals surface area contributed by atoms with Crippen LogP contribution in [0.4, 0.5) is 5.95 Å². The summed E-state index contributed by atoms with van der Waals surface area (Å²) in [5.74, 6) is 0.596. The van der Waals surface area contributed by atoms with Crippen LogP contribution < -0.4 is 15.8 Å². The Labute approximate surface area is 264 Å². The van der Waals surface area contributed by atoms with Gasteiger partial charge in [0.25, 0.3) is 0 Å². The van der Waals surface area contributed by atoms with Crippen molar-refractivity contribution in [3.8, 4) is 17.1 Å². The van der Waals surface area contributed by atoms with Crippen molar-refractivity contribution in [2.45, 2.75) is 103 Å². The molecule has 44 heavy (non-hydrogen) atoms. The zero-order valence-corrected chi connectivity index (χ0v) is 27.8. The van der Waals surface area contributed by atoms with Gasteiger partial charge >= 0.3 is 0 Å². The summed E-state index contributed by atoms with van der Waals surface area (Å²) in [6.07, 6.45) is 2.82. The zero-order chi connectivity index (χ0) is 32.2. The quantitative estimate of drug-likeness (QED) is 0.246. The Hall–Kier alpha value is -3.34. The summed E-state index contributed by atoms with van der Waals surface area (Å²) in [5, 5.41) is 3.19. The molecule has 9 nitrogen and oxygen atoms in total. The normalized spacial score (nSPS) is 19.7. The number of amides is 1. The van der Waals surface area contributed by atoms with Gasteiger partial charge in [0.1, 0.15) is 6.61 Å². The van der Waals surface area contributed by atoms with E-state index in [1.54, 1.807) is 18.2 Å².